The quantitative estimate of drug-likeness (QED) is 0.335. The number of hydrogen-bond acceptors (Lipinski definition) is 4. The third kappa shape index (κ3) is 9.30. The predicted molar refractivity (Wildman–Crippen MR) is 147 cm³/mol. The first kappa shape index (κ1) is 29.9. The van der Waals surface area contributed by atoms with Crippen LogP contribution in [0.2, 0.25) is 10.0 Å². The van der Waals surface area contributed by atoms with Crippen LogP contribution in [0.25, 0.3) is 0 Å². The maximum absolute atomic E-state index is 13.3. The van der Waals surface area contributed by atoms with E-state index < -0.39 is 16.1 Å². The number of halogens is 2. The summed E-state index contributed by atoms with van der Waals surface area (Å²) in [5, 5.41) is 3.50. The lowest BCUT2D eigenvalue weighted by Crippen LogP contribution is -2.49. The Kier molecular flexibility index (Phi) is 12.0. The Morgan fingerprint density at radius 1 is 1.03 bits per heavy atom. The van der Waals surface area contributed by atoms with E-state index in [0.29, 0.717) is 24.5 Å². The van der Waals surface area contributed by atoms with Crippen LogP contribution < -0.4 is 9.62 Å². The van der Waals surface area contributed by atoms with Gasteiger partial charge in [0.05, 0.1) is 17.0 Å². The number of benzene rings is 2. The molecule has 2 aromatic rings. The van der Waals surface area contributed by atoms with Gasteiger partial charge in [0.15, 0.2) is 0 Å². The van der Waals surface area contributed by atoms with Crippen LogP contribution in [0.5, 0.6) is 0 Å². The van der Waals surface area contributed by atoms with E-state index in [0.717, 1.165) is 29.0 Å². The summed E-state index contributed by atoms with van der Waals surface area (Å²) in [6.45, 7) is 4.75. The molecule has 198 valence electrons. The molecule has 0 aliphatic carbocycles. The smallest absolute Gasteiger partial charge is 0.242 e. The van der Waals surface area contributed by atoms with Crippen molar-refractivity contribution in [2.45, 2.75) is 52.0 Å². The number of carbonyl (C=O) groups excluding carboxylic acids is 2. The standard InChI is InChI=1S/C26H35Cl2N3O4S/c1-4-5-16-29-26(33)20(2)30(18-15-21-10-7-6-8-11-21)25(32)12-9-17-31(36(3,34)35)24-19-22(27)13-14-23(24)28/h6-8,10-11,13-14,19-20H,4-5,9,12,15-18H2,1-3H3,(H,29,33)/t20-/m1/s1. The summed E-state index contributed by atoms with van der Waals surface area (Å²) in [7, 11) is -3.66. The SMILES string of the molecule is CCCCNC(=O)[C@@H](C)N(CCc1ccccc1)C(=O)CCCN(c1cc(Cl)ccc1Cl)S(C)(=O)=O. The monoisotopic (exact) mass is 555 g/mol. The lowest BCUT2D eigenvalue weighted by molar-refractivity contribution is -0.139. The third-order valence-electron chi connectivity index (χ3n) is 5.81. The van der Waals surface area contributed by atoms with Crippen molar-refractivity contribution >= 4 is 50.7 Å². The summed E-state index contributed by atoms with van der Waals surface area (Å²) in [5.74, 6) is -0.414. The summed E-state index contributed by atoms with van der Waals surface area (Å²) in [5.41, 5.74) is 1.33. The maximum Gasteiger partial charge on any atom is 0.242 e. The Hall–Kier alpha value is -2.29. The molecule has 0 aromatic heterocycles. The predicted octanol–water partition coefficient (Wildman–Crippen LogP) is 4.92. The van der Waals surface area contributed by atoms with Crippen LogP contribution in [-0.2, 0) is 26.0 Å². The Balaban J connectivity index is 2.12. The van der Waals surface area contributed by atoms with E-state index in [2.05, 4.69) is 5.32 Å². The number of carbonyl (C=O) groups is 2. The van der Waals surface area contributed by atoms with Crippen LogP contribution in [-0.4, -0.2) is 57.1 Å². The van der Waals surface area contributed by atoms with Crippen molar-refractivity contribution in [1.82, 2.24) is 10.2 Å². The number of sulfonamides is 1. The van der Waals surface area contributed by atoms with E-state index in [1.807, 2.05) is 37.3 Å². The van der Waals surface area contributed by atoms with Gasteiger partial charge in [-0.25, -0.2) is 8.42 Å². The fourth-order valence-corrected chi connectivity index (χ4v) is 5.17. The van der Waals surface area contributed by atoms with Crippen molar-refractivity contribution in [2.24, 2.45) is 0 Å². The van der Waals surface area contributed by atoms with E-state index in [4.69, 9.17) is 23.2 Å². The number of unbranched alkanes of at least 4 members (excludes halogenated alkanes) is 1. The minimum Gasteiger partial charge on any atom is -0.354 e. The van der Waals surface area contributed by atoms with Gasteiger partial charge in [-0.2, -0.15) is 0 Å². The van der Waals surface area contributed by atoms with Gasteiger partial charge in [-0.3, -0.25) is 13.9 Å². The van der Waals surface area contributed by atoms with Gasteiger partial charge < -0.3 is 10.2 Å². The van der Waals surface area contributed by atoms with Gasteiger partial charge in [-0.05, 0) is 49.9 Å². The third-order valence-corrected chi connectivity index (χ3v) is 7.54. The number of nitrogens with one attached hydrogen (secondary N) is 1. The summed E-state index contributed by atoms with van der Waals surface area (Å²) in [6, 6.07) is 13.7. The van der Waals surface area contributed by atoms with Crippen LogP contribution in [0.15, 0.2) is 48.5 Å². The fourth-order valence-electron chi connectivity index (χ4n) is 3.77. The molecule has 2 rings (SSSR count). The molecule has 7 nitrogen and oxygen atoms in total. The highest BCUT2D eigenvalue weighted by atomic mass is 35.5. The van der Waals surface area contributed by atoms with Crippen LogP contribution in [0.4, 0.5) is 5.69 Å². The van der Waals surface area contributed by atoms with Crippen molar-refractivity contribution in [3.8, 4) is 0 Å². The second kappa shape index (κ2) is 14.4. The molecule has 0 unspecified atom stereocenters. The molecular formula is C26H35Cl2N3O4S. The molecule has 0 saturated heterocycles. The molecule has 0 radical (unpaired) electrons. The van der Waals surface area contributed by atoms with Gasteiger partial charge in [-0.1, -0.05) is 66.9 Å². The highest BCUT2D eigenvalue weighted by molar-refractivity contribution is 7.92. The molecule has 0 bridgehead atoms. The first-order valence-electron chi connectivity index (χ1n) is 12.1. The zero-order valence-electron chi connectivity index (χ0n) is 21.0. The van der Waals surface area contributed by atoms with E-state index in [-0.39, 0.29) is 41.9 Å². The number of amides is 2. The summed E-state index contributed by atoms with van der Waals surface area (Å²) >= 11 is 12.3. The van der Waals surface area contributed by atoms with Crippen LogP contribution in [0.1, 0.15) is 45.1 Å². The molecule has 2 aromatic carbocycles. The van der Waals surface area contributed by atoms with Crippen LogP contribution in [0, 0.1) is 0 Å². The van der Waals surface area contributed by atoms with Crippen molar-refractivity contribution in [2.75, 3.05) is 30.2 Å². The molecular weight excluding hydrogens is 521 g/mol. The zero-order valence-corrected chi connectivity index (χ0v) is 23.4. The molecule has 0 saturated carbocycles. The van der Waals surface area contributed by atoms with Crippen LogP contribution >= 0.6 is 23.2 Å². The second-order valence-electron chi connectivity index (χ2n) is 8.68. The van der Waals surface area contributed by atoms with E-state index in [1.165, 1.54) is 12.1 Å². The molecule has 0 aliphatic rings. The molecule has 36 heavy (non-hydrogen) atoms. The van der Waals surface area contributed by atoms with Crippen molar-refractivity contribution in [3.05, 3.63) is 64.1 Å². The van der Waals surface area contributed by atoms with Gasteiger partial charge in [0.1, 0.15) is 6.04 Å². The first-order valence-corrected chi connectivity index (χ1v) is 14.7. The molecule has 0 aliphatic heterocycles. The molecule has 10 heteroatoms. The van der Waals surface area contributed by atoms with E-state index in [1.54, 1.807) is 17.9 Å². The number of anilines is 1. The van der Waals surface area contributed by atoms with Gasteiger partial charge in [0.25, 0.3) is 0 Å². The summed E-state index contributed by atoms with van der Waals surface area (Å²) in [6.07, 6.45) is 3.84. The number of nitrogens with zero attached hydrogens (tertiary/aromatic N) is 2. The molecule has 0 fully saturated rings. The van der Waals surface area contributed by atoms with E-state index in [9.17, 15) is 18.0 Å². The van der Waals surface area contributed by atoms with E-state index >= 15 is 0 Å². The highest BCUT2D eigenvalue weighted by Gasteiger charge is 2.26. The molecule has 1 atom stereocenters. The average molecular weight is 557 g/mol. The van der Waals surface area contributed by atoms with Crippen molar-refractivity contribution in [3.63, 3.8) is 0 Å². The lowest BCUT2D eigenvalue weighted by Gasteiger charge is -2.29. The lowest BCUT2D eigenvalue weighted by atomic mass is 10.1. The summed E-state index contributed by atoms with van der Waals surface area (Å²) < 4.78 is 26.1. The molecule has 0 spiro atoms. The number of hydrogen-bond donors (Lipinski definition) is 1. The second-order valence-corrected chi connectivity index (χ2v) is 11.4. The average Bonchev–Trinajstić information content (AvgIpc) is 2.83. The largest absolute Gasteiger partial charge is 0.354 e. The van der Waals surface area contributed by atoms with Crippen molar-refractivity contribution in [1.29, 1.82) is 0 Å². The first-order chi connectivity index (χ1) is 17.0. The minimum atomic E-state index is -3.66. The molecule has 2 amide bonds. The van der Waals surface area contributed by atoms with Crippen LogP contribution in [0.3, 0.4) is 0 Å². The Bertz CT molecular complexity index is 1110. The fraction of sp³-hybridized carbons (Fsp3) is 0.462. The Morgan fingerprint density at radius 3 is 2.36 bits per heavy atom. The topological polar surface area (TPSA) is 86.8 Å². The molecule has 1 N–H and O–H groups in total. The maximum atomic E-state index is 13.3. The Morgan fingerprint density at radius 2 is 1.72 bits per heavy atom. The van der Waals surface area contributed by atoms with Crippen molar-refractivity contribution < 1.29 is 18.0 Å². The highest BCUT2D eigenvalue weighted by Crippen LogP contribution is 2.31. The molecule has 0 heterocycles. The van der Waals surface area contributed by atoms with Gasteiger partial charge in [0, 0.05) is 31.1 Å². The minimum absolute atomic E-state index is 0.0498. The van der Waals surface area contributed by atoms with Gasteiger partial charge >= 0.3 is 0 Å². The normalized spacial score (nSPS) is 12.1. The zero-order chi connectivity index (χ0) is 26.7. The summed E-state index contributed by atoms with van der Waals surface area (Å²) in [4.78, 5) is 27.6. The van der Waals surface area contributed by atoms with Gasteiger partial charge in [0.2, 0.25) is 21.8 Å². The number of rotatable bonds is 14. The Labute approximate surface area is 224 Å². The van der Waals surface area contributed by atoms with Gasteiger partial charge in [-0.15, -0.1) is 0 Å².